The van der Waals surface area contributed by atoms with Crippen molar-refractivity contribution in [1.82, 2.24) is 4.90 Å². The van der Waals surface area contributed by atoms with Crippen LogP contribution >= 0.6 is 0 Å². The number of likely N-dealkylation sites (tertiary alicyclic amines) is 1. The Bertz CT molecular complexity index is 244. The number of hydrogen-bond acceptors (Lipinski definition) is 1. The first-order chi connectivity index (χ1) is 9.88. The zero-order chi connectivity index (χ0) is 14.5. The summed E-state index contributed by atoms with van der Waals surface area (Å²) in [6, 6.07) is 0. The average molecular weight is 280 g/mol. The minimum absolute atomic E-state index is 1.31. The first-order valence-electron chi connectivity index (χ1n) is 9.32. The number of rotatable bonds is 12. The fourth-order valence-electron chi connectivity index (χ4n) is 3.16. The summed E-state index contributed by atoms with van der Waals surface area (Å²) in [5.41, 5.74) is 1.66. The second-order valence-electron chi connectivity index (χ2n) is 6.40. The molecule has 0 saturated carbocycles. The van der Waals surface area contributed by atoms with Gasteiger partial charge in [0.25, 0.3) is 0 Å². The maximum Gasteiger partial charge on any atom is 0.0178 e. The lowest BCUT2D eigenvalue weighted by molar-refractivity contribution is 0.374. The second kappa shape index (κ2) is 12.3. The summed E-state index contributed by atoms with van der Waals surface area (Å²) < 4.78 is 0. The van der Waals surface area contributed by atoms with E-state index in [1.807, 2.05) is 0 Å². The number of unbranched alkanes of at least 4 members (excludes halogenated alkanes) is 9. The van der Waals surface area contributed by atoms with E-state index < -0.39 is 0 Å². The van der Waals surface area contributed by atoms with E-state index >= 15 is 0 Å². The fourth-order valence-corrected chi connectivity index (χ4v) is 3.16. The maximum absolute atomic E-state index is 2.67. The lowest BCUT2D eigenvalue weighted by atomic mass is 10.1. The molecule has 0 amide bonds. The van der Waals surface area contributed by atoms with Crippen LogP contribution in [0.4, 0.5) is 0 Å². The second-order valence-corrected chi connectivity index (χ2v) is 6.40. The summed E-state index contributed by atoms with van der Waals surface area (Å²) in [5, 5.41) is 0. The van der Waals surface area contributed by atoms with E-state index in [1.54, 1.807) is 5.70 Å². The van der Waals surface area contributed by atoms with Gasteiger partial charge in [-0.05, 0) is 32.1 Å². The normalized spacial score (nSPS) is 17.3. The van der Waals surface area contributed by atoms with Crippen molar-refractivity contribution in [2.75, 3.05) is 13.1 Å². The van der Waals surface area contributed by atoms with Gasteiger partial charge in [0, 0.05) is 18.8 Å². The van der Waals surface area contributed by atoms with E-state index in [0.717, 1.165) is 0 Å². The van der Waals surface area contributed by atoms with Crippen molar-refractivity contribution < 1.29 is 0 Å². The summed E-state index contributed by atoms with van der Waals surface area (Å²) in [5.74, 6) is 0. The summed E-state index contributed by atoms with van der Waals surface area (Å²) >= 11 is 0. The van der Waals surface area contributed by atoms with Crippen LogP contribution in [0.2, 0.25) is 0 Å². The van der Waals surface area contributed by atoms with Crippen molar-refractivity contribution >= 4 is 0 Å². The zero-order valence-electron chi connectivity index (χ0n) is 14.1. The SMILES string of the molecule is CCCCCC/C=C1\CCCN1CCCCCCCC. The summed E-state index contributed by atoms with van der Waals surface area (Å²) in [7, 11) is 0. The van der Waals surface area contributed by atoms with Gasteiger partial charge < -0.3 is 4.90 Å². The molecule has 1 nitrogen and oxygen atoms in total. The van der Waals surface area contributed by atoms with Gasteiger partial charge in [-0.3, -0.25) is 0 Å². The van der Waals surface area contributed by atoms with Crippen LogP contribution in [-0.4, -0.2) is 18.0 Å². The Labute approximate surface area is 127 Å². The van der Waals surface area contributed by atoms with Gasteiger partial charge in [0.15, 0.2) is 0 Å². The van der Waals surface area contributed by atoms with Crippen LogP contribution < -0.4 is 0 Å². The third-order valence-corrected chi connectivity index (χ3v) is 4.49. The lowest BCUT2D eigenvalue weighted by Gasteiger charge is -2.20. The Morgan fingerprint density at radius 2 is 1.50 bits per heavy atom. The molecule has 0 atom stereocenters. The monoisotopic (exact) mass is 279 g/mol. The van der Waals surface area contributed by atoms with Crippen molar-refractivity contribution in [1.29, 1.82) is 0 Å². The van der Waals surface area contributed by atoms with Crippen LogP contribution in [0, 0.1) is 0 Å². The molecule has 20 heavy (non-hydrogen) atoms. The van der Waals surface area contributed by atoms with Gasteiger partial charge in [-0.1, -0.05) is 71.3 Å². The van der Waals surface area contributed by atoms with Crippen LogP contribution in [0.25, 0.3) is 0 Å². The molecule has 1 aliphatic heterocycles. The van der Waals surface area contributed by atoms with Gasteiger partial charge in [-0.25, -0.2) is 0 Å². The van der Waals surface area contributed by atoms with Gasteiger partial charge in [0.05, 0.1) is 0 Å². The largest absolute Gasteiger partial charge is 0.375 e. The molecular weight excluding hydrogens is 242 g/mol. The minimum atomic E-state index is 1.31. The highest BCUT2D eigenvalue weighted by atomic mass is 15.1. The Balaban J connectivity index is 2.09. The summed E-state index contributed by atoms with van der Waals surface area (Å²) in [6.07, 6.45) is 20.6. The number of allylic oxidation sites excluding steroid dienone is 2. The maximum atomic E-state index is 2.67. The molecule has 1 rings (SSSR count). The molecule has 0 unspecified atom stereocenters. The standard InChI is InChI=1S/C19H37N/c1-3-5-7-9-11-13-17-20-18-14-16-19(20)15-12-10-8-6-4-2/h15H,3-14,16-18H2,1-2H3/b19-15+. The zero-order valence-corrected chi connectivity index (χ0v) is 14.1. The quantitative estimate of drug-likeness (QED) is 0.379. The number of hydrogen-bond donors (Lipinski definition) is 0. The van der Waals surface area contributed by atoms with Crippen LogP contribution in [0.3, 0.4) is 0 Å². The molecule has 0 N–H and O–H groups in total. The molecule has 0 aromatic heterocycles. The predicted octanol–water partition coefficient (Wildman–Crippen LogP) is 6.30. The highest BCUT2D eigenvalue weighted by Crippen LogP contribution is 2.23. The molecule has 1 fully saturated rings. The van der Waals surface area contributed by atoms with E-state index in [4.69, 9.17) is 0 Å². The van der Waals surface area contributed by atoms with Crippen LogP contribution in [0.15, 0.2) is 11.8 Å². The molecule has 0 bridgehead atoms. The Morgan fingerprint density at radius 1 is 0.850 bits per heavy atom. The fraction of sp³-hybridized carbons (Fsp3) is 0.895. The van der Waals surface area contributed by atoms with Gasteiger partial charge >= 0.3 is 0 Å². The van der Waals surface area contributed by atoms with Crippen LogP contribution in [-0.2, 0) is 0 Å². The van der Waals surface area contributed by atoms with E-state index in [1.165, 1.54) is 96.6 Å². The highest BCUT2D eigenvalue weighted by Gasteiger charge is 2.15. The molecule has 1 aliphatic rings. The first kappa shape index (κ1) is 17.6. The molecule has 0 aliphatic carbocycles. The molecule has 0 spiro atoms. The van der Waals surface area contributed by atoms with E-state index in [-0.39, 0.29) is 0 Å². The van der Waals surface area contributed by atoms with Gasteiger partial charge in [-0.15, -0.1) is 0 Å². The van der Waals surface area contributed by atoms with Gasteiger partial charge in [0.1, 0.15) is 0 Å². The topological polar surface area (TPSA) is 3.24 Å². The lowest BCUT2D eigenvalue weighted by Crippen LogP contribution is -2.19. The van der Waals surface area contributed by atoms with Crippen molar-refractivity contribution in [2.45, 2.75) is 97.3 Å². The van der Waals surface area contributed by atoms with Crippen molar-refractivity contribution in [3.05, 3.63) is 11.8 Å². The molecular formula is C19H37N. The predicted molar refractivity (Wildman–Crippen MR) is 91.0 cm³/mol. The molecule has 0 aromatic rings. The van der Waals surface area contributed by atoms with Crippen LogP contribution in [0.1, 0.15) is 97.3 Å². The molecule has 118 valence electrons. The van der Waals surface area contributed by atoms with Gasteiger partial charge in [0.2, 0.25) is 0 Å². The minimum Gasteiger partial charge on any atom is -0.375 e. The molecule has 0 aromatic carbocycles. The summed E-state index contributed by atoms with van der Waals surface area (Å²) in [4.78, 5) is 2.67. The highest BCUT2D eigenvalue weighted by molar-refractivity contribution is 5.05. The van der Waals surface area contributed by atoms with Crippen molar-refractivity contribution in [2.24, 2.45) is 0 Å². The van der Waals surface area contributed by atoms with Crippen molar-refractivity contribution in [3.8, 4) is 0 Å². The van der Waals surface area contributed by atoms with Gasteiger partial charge in [-0.2, -0.15) is 0 Å². The third kappa shape index (κ3) is 7.97. The Morgan fingerprint density at radius 3 is 2.25 bits per heavy atom. The Kier molecular flexibility index (Phi) is 10.8. The van der Waals surface area contributed by atoms with Crippen molar-refractivity contribution in [3.63, 3.8) is 0 Å². The van der Waals surface area contributed by atoms with Crippen LogP contribution in [0.5, 0.6) is 0 Å². The first-order valence-corrected chi connectivity index (χ1v) is 9.32. The molecule has 1 saturated heterocycles. The van der Waals surface area contributed by atoms with E-state index in [9.17, 15) is 0 Å². The molecule has 1 heteroatoms. The average Bonchev–Trinajstić information content (AvgIpc) is 2.90. The van der Waals surface area contributed by atoms with E-state index in [0.29, 0.717) is 0 Å². The smallest absolute Gasteiger partial charge is 0.0178 e. The molecule has 0 radical (unpaired) electrons. The molecule has 1 heterocycles. The summed E-state index contributed by atoms with van der Waals surface area (Å²) in [6.45, 7) is 7.21. The third-order valence-electron chi connectivity index (χ3n) is 4.49. The van der Waals surface area contributed by atoms with E-state index in [2.05, 4.69) is 24.8 Å². The number of nitrogens with zero attached hydrogens (tertiary/aromatic N) is 1. The Hall–Kier alpha value is -0.460.